The molecule has 1 saturated heterocycles. The number of nitrogens with two attached hydrogens (primary N) is 1. The highest BCUT2D eigenvalue weighted by Gasteiger charge is 2.39. The largest absolute Gasteiger partial charge is 0.459 e. The van der Waals surface area contributed by atoms with Gasteiger partial charge in [-0.2, -0.15) is 0 Å². The minimum absolute atomic E-state index is 0.108. The quantitative estimate of drug-likeness (QED) is 0.615. The summed E-state index contributed by atoms with van der Waals surface area (Å²) in [6.45, 7) is 4.38. The van der Waals surface area contributed by atoms with Crippen molar-refractivity contribution < 1.29 is 19.1 Å². The molecule has 1 fully saturated rings. The van der Waals surface area contributed by atoms with Gasteiger partial charge in [-0.1, -0.05) is 30.3 Å². The van der Waals surface area contributed by atoms with Crippen LogP contribution in [0.4, 0.5) is 0 Å². The molecule has 1 aromatic rings. The van der Waals surface area contributed by atoms with E-state index in [-0.39, 0.29) is 18.9 Å². The van der Waals surface area contributed by atoms with Gasteiger partial charge in [0.15, 0.2) is 11.3 Å². The zero-order chi connectivity index (χ0) is 16.7. The number of rotatable bonds is 6. The zero-order valence-electron chi connectivity index (χ0n) is 13.5. The number of nitrogens with zero attached hydrogens (tertiary/aromatic N) is 1. The van der Waals surface area contributed by atoms with E-state index in [2.05, 4.69) is 0 Å². The third-order valence-corrected chi connectivity index (χ3v) is 3.90. The summed E-state index contributed by atoms with van der Waals surface area (Å²) in [6, 6.07) is 9.29. The second-order valence-corrected chi connectivity index (χ2v) is 5.93. The summed E-state index contributed by atoms with van der Waals surface area (Å²) in [7, 11) is 0. The third kappa shape index (κ3) is 5.13. The van der Waals surface area contributed by atoms with Crippen LogP contribution in [0.3, 0.4) is 0 Å². The van der Waals surface area contributed by atoms with E-state index in [1.54, 1.807) is 0 Å². The molecule has 1 aliphatic rings. The van der Waals surface area contributed by atoms with Gasteiger partial charge in [0.1, 0.15) is 6.61 Å². The number of esters is 1. The Labute approximate surface area is 136 Å². The van der Waals surface area contributed by atoms with E-state index in [1.165, 1.54) is 6.92 Å². The van der Waals surface area contributed by atoms with E-state index in [1.807, 2.05) is 35.2 Å². The minimum atomic E-state index is -1.64. The standard InChI is InChI=1S/C17H24N2O4/c1-17(18,15(20)12-19-8-5-10-22-11-9-19)16(21)23-13-14-6-3-2-4-7-14/h2-4,6-7H,5,8-13,18H2,1H3/t17-/m1/s1. The molecule has 0 spiro atoms. The third-order valence-electron chi connectivity index (χ3n) is 3.90. The smallest absolute Gasteiger partial charge is 0.333 e. The van der Waals surface area contributed by atoms with Gasteiger partial charge in [0.05, 0.1) is 13.2 Å². The Morgan fingerprint density at radius 1 is 1.26 bits per heavy atom. The Bertz CT molecular complexity index is 523. The lowest BCUT2D eigenvalue weighted by Crippen LogP contribution is -2.56. The number of hydrogen-bond acceptors (Lipinski definition) is 6. The Morgan fingerprint density at radius 2 is 2.00 bits per heavy atom. The highest BCUT2D eigenvalue weighted by molar-refractivity contribution is 6.08. The fourth-order valence-corrected chi connectivity index (χ4v) is 2.31. The molecule has 126 valence electrons. The van der Waals surface area contributed by atoms with Crippen molar-refractivity contribution in [3.63, 3.8) is 0 Å². The summed E-state index contributed by atoms with van der Waals surface area (Å²) in [5.41, 5.74) is 5.16. The highest BCUT2D eigenvalue weighted by Crippen LogP contribution is 2.10. The van der Waals surface area contributed by atoms with Crippen molar-refractivity contribution >= 4 is 11.8 Å². The van der Waals surface area contributed by atoms with Crippen LogP contribution in [0.1, 0.15) is 18.9 Å². The minimum Gasteiger partial charge on any atom is -0.459 e. The first-order chi connectivity index (χ1) is 11.0. The summed E-state index contributed by atoms with van der Waals surface area (Å²) < 4.78 is 10.6. The van der Waals surface area contributed by atoms with Gasteiger partial charge in [0.2, 0.25) is 0 Å². The molecular formula is C17H24N2O4. The van der Waals surface area contributed by atoms with Gasteiger partial charge in [-0.15, -0.1) is 0 Å². The molecule has 0 aliphatic carbocycles. The van der Waals surface area contributed by atoms with Crippen molar-refractivity contribution in [2.75, 3.05) is 32.8 Å². The van der Waals surface area contributed by atoms with Crippen LogP contribution in [0.5, 0.6) is 0 Å². The molecular weight excluding hydrogens is 296 g/mol. The molecule has 1 heterocycles. The Balaban J connectivity index is 1.87. The molecule has 0 aromatic heterocycles. The van der Waals surface area contributed by atoms with Crippen LogP contribution >= 0.6 is 0 Å². The van der Waals surface area contributed by atoms with Crippen LogP contribution in [0.2, 0.25) is 0 Å². The molecule has 0 radical (unpaired) electrons. The number of carbonyl (C=O) groups is 2. The number of carbonyl (C=O) groups excluding carboxylic acids is 2. The maximum absolute atomic E-state index is 12.4. The van der Waals surface area contributed by atoms with E-state index in [4.69, 9.17) is 15.2 Å². The van der Waals surface area contributed by atoms with Crippen molar-refractivity contribution in [1.82, 2.24) is 4.90 Å². The summed E-state index contributed by atoms with van der Waals surface area (Å²) in [5, 5.41) is 0. The molecule has 0 bridgehead atoms. The normalized spacial score (nSPS) is 18.7. The summed E-state index contributed by atoms with van der Waals surface area (Å²) in [5.74, 6) is -1.03. The van der Waals surface area contributed by atoms with Crippen LogP contribution in [0.15, 0.2) is 30.3 Å². The van der Waals surface area contributed by atoms with Crippen LogP contribution in [-0.4, -0.2) is 55.0 Å². The lowest BCUT2D eigenvalue weighted by Gasteiger charge is -2.25. The topological polar surface area (TPSA) is 81.9 Å². The van der Waals surface area contributed by atoms with Gasteiger partial charge >= 0.3 is 5.97 Å². The van der Waals surface area contributed by atoms with Gasteiger partial charge in [-0.3, -0.25) is 9.69 Å². The van der Waals surface area contributed by atoms with E-state index in [0.717, 1.165) is 18.5 Å². The Kier molecular flexibility index (Phi) is 6.27. The summed E-state index contributed by atoms with van der Waals surface area (Å²) in [6.07, 6.45) is 0.868. The van der Waals surface area contributed by atoms with Crippen LogP contribution in [-0.2, 0) is 25.7 Å². The lowest BCUT2D eigenvalue weighted by molar-refractivity contribution is -0.154. The van der Waals surface area contributed by atoms with E-state index in [9.17, 15) is 9.59 Å². The number of ether oxygens (including phenoxy) is 2. The van der Waals surface area contributed by atoms with Crippen LogP contribution in [0.25, 0.3) is 0 Å². The van der Waals surface area contributed by atoms with E-state index < -0.39 is 11.5 Å². The van der Waals surface area contributed by atoms with Gasteiger partial charge in [0.25, 0.3) is 0 Å². The van der Waals surface area contributed by atoms with Gasteiger partial charge in [-0.25, -0.2) is 4.79 Å². The first kappa shape index (κ1) is 17.6. The van der Waals surface area contributed by atoms with Crippen LogP contribution in [0, 0.1) is 0 Å². The van der Waals surface area contributed by atoms with Crippen LogP contribution < -0.4 is 5.73 Å². The second kappa shape index (κ2) is 8.19. The van der Waals surface area contributed by atoms with Crippen molar-refractivity contribution in [3.05, 3.63) is 35.9 Å². The molecule has 0 amide bonds. The van der Waals surface area contributed by atoms with E-state index >= 15 is 0 Å². The maximum Gasteiger partial charge on any atom is 0.333 e. The number of Topliss-reactive ketones (excluding diaryl/α,β-unsaturated/α-hetero) is 1. The SMILES string of the molecule is C[C@@](N)(C(=O)CN1CCCOCC1)C(=O)OCc1ccccc1. The fraction of sp³-hybridized carbons (Fsp3) is 0.529. The molecule has 0 saturated carbocycles. The summed E-state index contributed by atoms with van der Waals surface area (Å²) >= 11 is 0. The first-order valence-corrected chi connectivity index (χ1v) is 7.83. The predicted molar refractivity (Wildman–Crippen MR) is 85.7 cm³/mol. The van der Waals surface area contributed by atoms with Crippen molar-refractivity contribution in [1.29, 1.82) is 0 Å². The van der Waals surface area contributed by atoms with Gasteiger partial charge in [-0.05, 0) is 18.9 Å². The molecule has 23 heavy (non-hydrogen) atoms. The summed E-state index contributed by atoms with van der Waals surface area (Å²) in [4.78, 5) is 26.5. The molecule has 1 aromatic carbocycles. The van der Waals surface area contributed by atoms with Gasteiger partial charge in [0, 0.05) is 19.7 Å². The average molecular weight is 320 g/mol. The van der Waals surface area contributed by atoms with Crippen molar-refractivity contribution in [2.45, 2.75) is 25.5 Å². The average Bonchev–Trinajstić information content (AvgIpc) is 2.82. The predicted octanol–water partition coefficient (Wildman–Crippen LogP) is 0.739. The number of benzene rings is 1. The monoisotopic (exact) mass is 320 g/mol. The molecule has 2 rings (SSSR count). The zero-order valence-corrected chi connectivity index (χ0v) is 13.5. The second-order valence-electron chi connectivity index (χ2n) is 5.93. The van der Waals surface area contributed by atoms with Crippen molar-refractivity contribution in [2.24, 2.45) is 5.73 Å². The molecule has 1 atom stereocenters. The molecule has 0 unspecified atom stereocenters. The Hall–Kier alpha value is -1.76. The first-order valence-electron chi connectivity index (χ1n) is 7.83. The number of hydrogen-bond donors (Lipinski definition) is 1. The highest BCUT2D eigenvalue weighted by atomic mass is 16.5. The molecule has 6 heteroatoms. The molecule has 6 nitrogen and oxygen atoms in total. The Morgan fingerprint density at radius 3 is 2.74 bits per heavy atom. The van der Waals surface area contributed by atoms with Crippen molar-refractivity contribution in [3.8, 4) is 0 Å². The number of ketones is 1. The van der Waals surface area contributed by atoms with Gasteiger partial charge < -0.3 is 15.2 Å². The lowest BCUT2D eigenvalue weighted by atomic mass is 9.97. The molecule has 2 N–H and O–H groups in total. The van der Waals surface area contributed by atoms with E-state index in [0.29, 0.717) is 19.8 Å². The fourth-order valence-electron chi connectivity index (χ4n) is 2.31. The molecule has 1 aliphatic heterocycles. The maximum atomic E-state index is 12.4.